The van der Waals surface area contributed by atoms with E-state index in [0.717, 1.165) is 36.3 Å². The minimum atomic E-state index is -0.354. The van der Waals surface area contributed by atoms with Gasteiger partial charge in [0.2, 0.25) is 5.78 Å². The second-order valence-electron chi connectivity index (χ2n) is 8.19. The second kappa shape index (κ2) is 7.60. The smallest absolute Gasteiger partial charge is 0.314 e. The number of nitrogens with zero attached hydrogens (tertiary/aromatic N) is 6. The third-order valence-corrected chi connectivity index (χ3v) is 5.72. The van der Waals surface area contributed by atoms with Gasteiger partial charge in [-0.15, -0.1) is 0 Å². The second-order valence-corrected chi connectivity index (χ2v) is 8.19. The monoisotopic (exact) mass is 408 g/mol. The topological polar surface area (TPSA) is 69.5 Å². The number of hydrogen-bond donors (Lipinski definition) is 0. The summed E-state index contributed by atoms with van der Waals surface area (Å²) in [5.41, 5.74) is 3.23. The van der Waals surface area contributed by atoms with E-state index in [4.69, 9.17) is 0 Å². The van der Waals surface area contributed by atoms with Gasteiger partial charge in [-0.1, -0.05) is 24.3 Å². The number of rotatable bonds is 6. The van der Waals surface area contributed by atoms with Crippen LogP contribution in [0.1, 0.15) is 23.2 Å². The highest BCUT2D eigenvalue weighted by Crippen LogP contribution is 2.17. The maximum Gasteiger partial charge on any atom is 0.332 e. The Hall–Kier alpha value is -3.13. The van der Waals surface area contributed by atoms with Crippen molar-refractivity contribution in [1.82, 2.24) is 28.0 Å². The lowest BCUT2D eigenvalue weighted by Gasteiger charge is -2.10. The molecule has 0 saturated carbocycles. The normalized spacial score (nSPS) is 11.9. The van der Waals surface area contributed by atoms with Crippen molar-refractivity contribution in [1.29, 1.82) is 0 Å². The molecule has 4 rings (SSSR count). The highest BCUT2D eigenvalue weighted by atomic mass is 16.2. The van der Waals surface area contributed by atoms with Crippen LogP contribution in [0.3, 0.4) is 0 Å². The Kier molecular flexibility index (Phi) is 5.11. The van der Waals surface area contributed by atoms with Crippen molar-refractivity contribution in [2.45, 2.75) is 33.4 Å². The Bertz CT molecular complexity index is 1350. The summed E-state index contributed by atoms with van der Waals surface area (Å²) in [5.74, 6) is 0.696. The van der Waals surface area contributed by atoms with Crippen LogP contribution in [0.15, 0.2) is 40.1 Å². The Morgan fingerprint density at radius 3 is 2.50 bits per heavy atom. The molecule has 8 nitrogen and oxygen atoms in total. The molecule has 0 aliphatic rings. The number of imidazole rings is 2. The average molecular weight is 409 g/mol. The zero-order valence-electron chi connectivity index (χ0n) is 18.2. The van der Waals surface area contributed by atoms with E-state index in [-0.39, 0.29) is 17.8 Å². The first-order valence-electron chi connectivity index (χ1n) is 10.2. The molecular weight excluding hydrogens is 380 g/mol. The molecule has 0 bridgehead atoms. The van der Waals surface area contributed by atoms with E-state index < -0.39 is 0 Å². The average Bonchev–Trinajstić information content (AvgIpc) is 3.20. The minimum Gasteiger partial charge on any atom is -0.314 e. The Morgan fingerprint density at radius 1 is 1.07 bits per heavy atom. The third kappa shape index (κ3) is 3.27. The highest BCUT2D eigenvalue weighted by molar-refractivity contribution is 5.75. The molecule has 0 radical (unpaired) electrons. The highest BCUT2D eigenvalue weighted by Gasteiger charge is 2.20. The summed E-state index contributed by atoms with van der Waals surface area (Å²) >= 11 is 0. The Morgan fingerprint density at radius 2 is 1.80 bits per heavy atom. The van der Waals surface area contributed by atoms with E-state index in [1.807, 2.05) is 48.7 Å². The van der Waals surface area contributed by atoms with Gasteiger partial charge in [-0.2, -0.15) is 4.98 Å². The number of aryl methyl sites for hydroxylation is 4. The fraction of sp³-hybridized carbons (Fsp3) is 0.409. The van der Waals surface area contributed by atoms with Gasteiger partial charge in [-0.25, -0.2) is 4.79 Å². The molecule has 158 valence electrons. The number of aromatic nitrogens is 5. The molecule has 8 heteroatoms. The van der Waals surface area contributed by atoms with Crippen molar-refractivity contribution >= 4 is 16.9 Å². The summed E-state index contributed by atoms with van der Waals surface area (Å²) in [6.07, 6.45) is 2.90. The lowest BCUT2D eigenvalue weighted by molar-refractivity contribution is 0.387. The first kappa shape index (κ1) is 20.2. The van der Waals surface area contributed by atoms with Crippen molar-refractivity contribution in [3.05, 3.63) is 68.1 Å². The summed E-state index contributed by atoms with van der Waals surface area (Å²) < 4.78 is 6.72. The number of benzene rings is 1. The van der Waals surface area contributed by atoms with Gasteiger partial charge in [-0.05, 0) is 52.0 Å². The molecule has 0 spiro atoms. The van der Waals surface area contributed by atoms with Crippen LogP contribution in [0.5, 0.6) is 0 Å². The Labute approximate surface area is 174 Å². The molecule has 3 heterocycles. The third-order valence-electron chi connectivity index (χ3n) is 5.72. The van der Waals surface area contributed by atoms with Gasteiger partial charge >= 0.3 is 5.69 Å². The minimum absolute atomic E-state index is 0.240. The van der Waals surface area contributed by atoms with Crippen molar-refractivity contribution < 1.29 is 0 Å². The van der Waals surface area contributed by atoms with Crippen molar-refractivity contribution in [3.63, 3.8) is 0 Å². The molecule has 3 aromatic heterocycles. The van der Waals surface area contributed by atoms with Gasteiger partial charge in [0.05, 0.1) is 6.54 Å². The fourth-order valence-electron chi connectivity index (χ4n) is 3.97. The van der Waals surface area contributed by atoms with Crippen molar-refractivity contribution in [3.8, 4) is 0 Å². The van der Waals surface area contributed by atoms with Crippen LogP contribution >= 0.6 is 0 Å². The molecule has 0 aliphatic carbocycles. The van der Waals surface area contributed by atoms with Gasteiger partial charge in [-0.3, -0.25) is 18.3 Å². The lowest BCUT2D eigenvalue weighted by atomic mass is 10.1. The van der Waals surface area contributed by atoms with Gasteiger partial charge in [0, 0.05) is 25.5 Å². The summed E-state index contributed by atoms with van der Waals surface area (Å²) in [4.78, 5) is 33.2. The standard InChI is InChI=1S/C22H28N6O2/c1-15-9-6-7-10-17(15)14-28-20(29)18-19(25(5)22(28)30)23-21-26(12-8-11-24(3)4)16(2)13-27(18)21/h6-7,9-10,13H,8,11-12,14H2,1-5H3. The molecule has 0 fully saturated rings. The molecule has 0 saturated heterocycles. The molecule has 1 aromatic carbocycles. The van der Waals surface area contributed by atoms with Crippen LogP contribution < -0.4 is 11.2 Å². The van der Waals surface area contributed by atoms with Crippen LogP contribution in [0.25, 0.3) is 16.9 Å². The lowest BCUT2D eigenvalue weighted by Crippen LogP contribution is -2.39. The van der Waals surface area contributed by atoms with Gasteiger partial charge in [0.15, 0.2) is 11.2 Å². The predicted octanol–water partition coefficient (Wildman–Crippen LogP) is 1.77. The summed E-state index contributed by atoms with van der Waals surface area (Å²) in [6, 6.07) is 7.80. The van der Waals surface area contributed by atoms with E-state index in [9.17, 15) is 9.59 Å². The molecule has 30 heavy (non-hydrogen) atoms. The van der Waals surface area contributed by atoms with Crippen LogP contribution in [-0.2, 0) is 20.1 Å². The van der Waals surface area contributed by atoms with E-state index in [1.165, 1.54) is 9.13 Å². The maximum atomic E-state index is 13.4. The quantitative estimate of drug-likeness (QED) is 0.488. The largest absolute Gasteiger partial charge is 0.332 e. The van der Waals surface area contributed by atoms with Gasteiger partial charge < -0.3 is 9.47 Å². The van der Waals surface area contributed by atoms with Crippen LogP contribution in [0, 0.1) is 13.8 Å². The first-order valence-corrected chi connectivity index (χ1v) is 10.2. The predicted molar refractivity (Wildman–Crippen MR) is 118 cm³/mol. The van der Waals surface area contributed by atoms with E-state index in [1.54, 1.807) is 7.05 Å². The maximum absolute atomic E-state index is 13.4. The van der Waals surface area contributed by atoms with Crippen LogP contribution in [0.4, 0.5) is 0 Å². The molecule has 0 aliphatic heterocycles. The number of fused-ring (bicyclic) bond motifs is 3. The summed E-state index contributed by atoms with van der Waals surface area (Å²) in [5, 5.41) is 0. The zero-order valence-corrected chi connectivity index (χ0v) is 18.2. The Balaban J connectivity index is 1.89. The molecule has 0 unspecified atom stereocenters. The zero-order chi connectivity index (χ0) is 21.6. The van der Waals surface area contributed by atoms with Crippen LogP contribution in [-0.4, -0.2) is 48.6 Å². The fourth-order valence-corrected chi connectivity index (χ4v) is 3.97. The molecule has 0 amide bonds. The summed E-state index contributed by atoms with van der Waals surface area (Å²) in [6.45, 7) is 6.01. The first-order chi connectivity index (χ1) is 14.3. The molecule has 0 N–H and O–H groups in total. The molecular formula is C22H28N6O2. The van der Waals surface area contributed by atoms with Gasteiger partial charge in [0.1, 0.15) is 0 Å². The van der Waals surface area contributed by atoms with E-state index >= 15 is 0 Å². The van der Waals surface area contributed by atoms with E-state index in [2.05, 4.69) is 28.5 Å². The molecule has 0 atom stereocenters. The van der Waals surface area contributed by atoms with E-state index in [0.29, 0.717) is 16.9 Å². The van der Waals surface area contributed by atoms with Crippen molar-refractivity contribution in [2.75, 3.05) is 20.6 Å². The number of hydrogen-bond acceptors (Lipinski definition) is 4. The molecule has 4 aromatic rings. The van der Waals surface area contributed by atoms with Crippen LogP contribution in [0.2, 0.25) is 0 Å². The van der Waals surface area contributed by atoms with Gasteiger partial charge in [0.25, 0.3) is 5.56 Å². The van der Waals surface area contributed by atoms with Crippen molar-refractivity contribution in [2.24, 2.45) is 7.05 Å². The SMILES string of the molecule is Cc1ccccc1Cn1c(=O)c2c(nc3n(CCCN(C)C)c(C)cn23)n(C)c1=O. The summed E-state index contributed by atoms with van der Waals surface area (Å²) in [7, 11) is 5.78.